The molecule has 1 aromatic heterocycles. The third-order valence-corrected chi connectivity index (χ3v) is 2.93. The molecule has 0 saturated carbocycles. The maximum atomic E-state index is 4.51. The van der Waals surface area contributed by atoms with Crippen molar-refractivity contribution in [3.63, 3.8) is 0 Å². The van der Waals surface area contributed by atoms with Crippen LogP contribution in [-0.2, 0) is 0 Å². The van der Waals surface area contributed by atoms with Gasteiger partial charge in [0.15, 0.2) is 0 Å². The van der Waals surface area contributed by atoms with Gasteiger partial charge >= 0.3 is 0 Å². The predicted molar refractivity (Wildman–Crippen MR) is 77.1 cm³/mol. The highest BCUT2D eigenvalue weighted by Crippen LogP contribution is 2.22. The number of hydrogen-bond acceptors (Lipinski definition) is 4. The Morgan fingerprint density at radius 1 is 1.22 bits per heavy atom. The van der Waals surface area contributed by atoms with Crippen LogP contribution in [0.5, 0.6) is 0 Å². The highest BCUT2D eigenvalue weighted by atomic mass is 15.1. The second-order valence-corrected chi connectivity index (χ2v) is 4.50. The zero-order chi connectivity index (χ0) is 13.0. The van der Waals surface area contributed by atoms with E-state index >= 15 is 0 Å². The molecule has 0 amide bonds. The third-order valence-electron chi connectivity index (χ3n) is 2.93. The standard InChI is InChI=1S/C14H20N4/c1-4-7-10(2)16-13-11-8-5-6-9-12(11)17-14(15-3)18-13/h5-6,8-10H,4,7H2,1-3H3,(H2,15,16,17,18). The minimum atomic E-state index is 0.415. The molecule has 0 fully saturated rings. The maximum absolute atomic E-state index is 4.51. The van der Waals surface area contributed by atoms with Crippen molar-refractivity contribution < 1.29 is 0 Å². The van der Waals surface area contributed by atoms with Crippen LogP contribution in [0.1, 0.15) is 26.7 Å². The third kappa shape index (κ3) is 2.70. The molecule has 2 N–H and O–H groups in total. The molecule has 0 saturated heterocycles. The minimum Gasteiger partial charge on any atom is -0.367 e. The van der Waals surface area contributed by atoms with Gasteiger partial charge in [-0.3, -0.25) is 0 Å². The van der Waals surface area contributed by atoms with Gasteiger partial charge in [0, 0.05) is 18.5 Å². The normalized spacial score (nSPS) is 12.4. The van der Waals surface area contributed by atoms with Crippen LogP contribution in [0, 0.1) is 0 Å². The Hall–Kier alpha value is -1.84. The molecule has 2 aromatic rings. The van der Waals surface area contributed by atoms with Crippen molar-refractivity contribution in [2.75, 3.05) is 17.7 Å². The number of nitrogens with one attached hydrogen (secondary N) is 2. The van der Waals surface area contributed by atoms with E-state index in [1.54, 1.807) is 0 Å². The summed E-state index contributed by atoms with van der Waals surface area (Å²) in [6, 6.07) is 8.48. The van der Waals surface area contributed by atoms with E-state index in [1.807, 2.05) is 25.2 Å². The highest BCUT2D eigenvalue weighted by Gasteiger charge is 2.08. The lowest BCUT2D eigenvalue weighted by Crippen LogP contribution is -2.16. The second kappa shape index (κ2) is 5.67. The summed E-state index contributed by atoms with van der Waals surface area (Å²) in [5.41, 5.74) is 0.961. The van der Waals surface area contributed by atoms with Crippen LogP contribution in [0.4, 0.5) is 11.8 Å². The smallest absolute Gasteiger partial charge is 0.224 e. The summed E-state index contributed by atoms with van der Waals surface area (Å²) < 4.78 is 0. The van der Waals surface area contributed by atoms with E-state index in [-0.39, 0.29) is 0 Å². The molecule has 4 nitrogen and oxygen atoms in total. The summed E-state index contributed by atoms with van der Waals surface area (Å²) in [4.78, 5) is 8.95. The average Bonchev–Trinajstić information content (AvgIpc) is 2.38. The maximum Gasteiger partial charge on any atom is 0.224 e. The Labute approximate surface area is 108 Å². The van der Waals surface area contributed by atoms with Gasteiger partial charge in [-0.1, -0.05) is 25.5 Å². The number of benzene rings is 1. The first-order valence-corrected chi connectivity index (χ1v) is 6.45. The van der Waals surface area contributed by atoms with Gasteiger partial charge < -0.3 is 10.6 Å². The lowest BCUT2D eigenvalue weighted by Gasteiger charge is -2.15. The van der Waals surface area contributed by atoms with Gasteiger partial charge in [0.05, 0.1) is 5.52 Å². The second-order valence-electron chi connectivity index (χ2n) is 4.50. The SMILES string of the molecule is CCCC(C)Nc1nc(NC)nc2ccccc12. The molecule has 0 radical (unpaired) electrons. The van der Waals surface area contributed by atoms with Crippen LogP contribution in [0.3, 0.4) is 0 Å². The van der Waals surface area contributed by atoms with Crippen molar-refractivity contribution in [3.8, 4) is 0 Å². The number of rotatable bonds is 5. The molecule has 18 heavy (non-hydrogen) atoms. The van der Waals surface area contributed by atoms with Gasteiger partial charge in [-0.2, -0.15) is 4.98 Å². The van der Waals surface area contributed by atoms with Crippen molar-refractivity contribution in [1.29, 1.82) is 0 Å². The van der Waals surface area contributed by atoms with Gasteiger partial charge in [-0.25, -0.2) is 4.98 Å². The number of para-hydroxylation sites is 1. The first-order chi connectivity index (χ1) is 8.74. The van der Waals surface area contributed by atoms with Crippen LogP contribution < -0.4 is 10.6 Å². The summed E-state index contributed by atoms with van der Waals surface area (Å²) in [5.74, 6) is 1.56. The summed E-state index contributed by atoms with van der Waals surface area (Å²) in [5, 5.41) is 7.54. The topological polar surface area (TPSA) is 49.8 Å². The van der Waals surface area contributed by atoms with Crippen LogP contribution in [-0.4, -0.2) is 23.1 Å². The average molecular weight is 244 g/mol. The molecule has 0 aliphatic heterocycles. The van der Waals surface area contributed by atoms with Gasteiger partial charge in [0.25, 0.3) is 0 Å². The molecular formula is C14H20N4. The van der Waals surface area contributed by atoms with Crippen molar-refractivity contribution in [3.05, 3.63) is 24.3 Å². The van der Waals surface area contributed by atoms with Crippen LogP contribution in [0.25, 0.3) is 10.9 Å². The van der Waals surface area contributed by atoms with Crippen LogP contribution in [0.15, 0.2) is 24.3 Å². The number of nitrogens with zero attached hydrogens (tertiary/aromatic N) is 2. The summed E-state index contributed by atoms with van der Waals surface area (Å²) in [7, 11) is 1.84. The van der Waals surface area contributed by atoms with E-state index < -0.39 is 0 Å². The van der Waals surface area contributed by atoms with Crippen LogP contribution >= 0.6 is 0 Å². The van der Waals surface area contributed by atoms with Gasteiger partial charge in [0.2, 0.25) is 5.95 Å². The van der Waals surface area contributed by atoms with Crippen molar-refractivity contribution in [1.82, 2.24) is 9.97 Å². The van der Waals surface area contributed by atoms with Crippen molar-refractivity contribution in [2.24, 2.45) is 0 Å². The molecule has 1 heterocycles. The highest BCUT2D eigenvalue weighted by molar-refractivity contribution is 5.90. The zero-order valence-electron chi connectivity index (χ0n) is 11.2. The molecule has 0 aliphatic rings. The lowest BCUT2D eigenvalue weighted by atomic mass is 10.2. The molecule has 2 rings (SSSR count). The number of anilines is 2. The van der Waals surface area contributed by atoms with Crippen LogP contribution in [0.2, 0.25) is 0 Å². The molecule has 0 spiro atoms. The number of hydrogen-bond donors (Lipinski definition) is 2. The minimum absolute atomic E-state index is 0.415. The monoisotopic (exact) mass is 244 g/mol. The Bertz CT molecular complexity index is 524. The fourth-order valence-electron chi connectivity index (χ4n) is 2.04. The molecule has 1 aromatic carbocycles. The molecule has 96 valence electrons. The fourth-order valence-corrected chi connectivity index (χ4v) is 2.04. The van der Waals surface area contributed by atoms with Crippen molar-refractivity contribution in [2.45, 2.75) is 32.7 Å². The van der Waals surface area contributed by atoms with Gasteiger partial charge in [-0.15, -0.1) is 0 Å². The summed E-state index contributed by atoms with van der Waals surface area (Å²) >= 11 is 0. The largest absolute Gasteiger partial charge is 0.367 e. The molecular weight excluding hydrogens is 224 g/mol. The quantitative estimate of drug-likeness (QED) is 0.847. The zero-order valence-corrected chi connectivity index (χ0v) is 11.2. The number of fused-ring (bicyclic) bond motifs is 1. The van der Waals surface area contributed by atoms with E-state index in [1.165, 1.54) is 0 Å². The molecule has 1 unspecified atom stereocenters. The van der Waals surface area contributed by atoms with E-state index in [4.69, 9.17) is 0 Å². The fraction of sp³-hybridized carbons (Fsp3) is 0.429. The molecule has 1 atom stereocenters. The van der Waals surface area contributed by atoms with Crippen molar-refractivity contribution >= 4 is 22.7 Å². The van der Waals surface area contributed by atoms with E-state index in [0.29, 0.717) is 12.0 Å². The molecule has 0 aliphatic carbocycles. The van der Waals surface area contributed by atoms with E-state index in [0.717, 1.165) is 29.6 Å². The summed E-state index contributed by atoms with van der Waals surface area (Å²) in [6.07, 6.45) is 2.29. The Kier molecular flexibility index (Phi) is 3.97. The van der Waals surface area contributed by atoms with E-state index in [2.05, 4.69) is 40.5 Å². The Balaban J connectivity index is 2.40. The molecule has 0 bridgehead atoms. The van der Waals surface area contributed by atoms with Gasteiger partial charge in [-0.05, 0) is 25.5 Å². The Morgan fingerprint density at radius 3 is 2.72 bits per heavy atom. The van der Waals surface area contributed by atoms with Gasteiger partial charge in [0.1, 0.15) is 5.82 Å². The Morgan fingerprint density at radius 2 is 2.00 bits per heavy atom. The summed E-state index contributed by atoms with van der Waals surface area (Å²) in [6.45, 7) is 4.37. The predicted octanol–water partition coefficient (Wildman–Crippen LogP) is 3.27. The van der Waals surface area contributed by atoms with E-state index in [9.17, 15) is 0 Å². The first-order valence-electron chi connectivity index (χ1n) is 6.45. The number of aromatic nitrogens is 2. The first kappa shape index (κ1) is 12.6. The lowest BCUT2D eigenvalue weighted by molar-refractivity contribution is 0.688. The molecule has 4 heteroatoms.